The lowest BCUT2D eigenvalue weighted by Crippen LogP contribution is -2.34. The molecule has 0 atom stereocenters. The van der Waals surface area contributed by atoms with Gasteiger partial charge in [-0.15, -0.1) is 0 Å². The van der Waals surface area contributed by atoms with Gasteiger partial charge < -0.3 is 10.2 Å². The number of nitrogens with one attached hydrogen (secondary N) is 1. The van der Waals surface area contributed by atoms with Gasteiger partial charge in [0.1, 0.15) is 0 Å². The summed E-state index contributed by atoms with van der Waals surface area (Å²) in [5, 5.41) is 2.65. The molecule has 31 heavy (non-hydrogen) atoms. The lowest BCUT2D eigenvalue weighted by atomic mass is 9.99. The van der Waals surface area contributed by atoms with Gasteiger partial charge in [0.05, 0.1) is 12.1 Å². The maximum Gasteiger partial charge on any atom is 0.416 e. The molecule has 3 aromatic carbocycles. The van der Waals surface area contributed by atoms with Crippen molar-refractivity contribution in [1.82, 2.24) is 0 Å². The standard InChI is InChI=1S/C24H19F3N2O2/c25-24(26,27)19-8-4-7-18(13-19)23(31)28-20-10-11-21-17(14-20)9-12-22(30)29(21)15-16-5-2-1-3-6-16/h1-8,10-11,13-14H,9,12,15H2,(H,28,31). The largest absolute Gasteiger partial charge is 0.416 e. The molecule has 1 aliphatic rings. The van der Waals surface area contributed by atoms with E-state index in [2.05, 4.69) is 5.32 Å². The molecule has 0 spiro atoms. The van der Waals surface area contributed by atoms with Gasteiger partial charge in [-0.05, 0) is 53.9 Å². The third-order valence-electron chi connectivity index (χ3n) is 5.17. The van der Waals surface area contributed by atoms with E-state index in [1.807, 2.05) is 30.3 Å². The number of anilines is 2. The van der Waals surface area contributed by atoms with E-state index >= 15 is 0 Å². The van der Waals surface area contributed by atoms with E-state index in [4.69, 9.17) is 0 Å². The number of hydrogen-bond acceptors (Lipinski definition) is 2. The predicted molar refractivity (Wildman–Crippen MR) is 112 cm³/mol. The van der Waals surface area contributed by atoms with E-state index in [1.54, 1.807) is 23.1 Å². The predicted octanol–water partition coefficient (Wildman–Crippen LogP) is 5.44. The summed E-state index contributed by atoms with van der Waals surface area (Å²) in [5.74, 6) is -0.601. The van der Waals surface area contributed by atoms with E-state index in [-0.39, 0.29) is 11.5 Å². The molecule has 1 heterocycles. The number of hydrogen-bond donors (Lipinski definition) is 1. The summed E-state index contributed by atoms with van der Waals surface area (Å²) in [6, 6.07) is 19.1. The zero-order chi connectivity index (χ0) is 22.0. The molecule has 1 N–H and O–H groups in total. The maximum atomic E-state index is 12.9. The molecule has 0 radical (unpaired) electrons. The zero-order valence-electron chi connectivity index (χ0n) is 16.4. The third-order valence-corrected chi connectivity index (χ3v) is 5.17. The fourth-order valence-corrected chi connectivity index (χ4v) is 3.62. The molecule has 2 amide bonds. The Morgan fingerprint density at radius 2 is 1.71 bits per heavy atom. The zero-order valence-corrected chi connectivity index (χ0v) is 16.4. The van der Waals surface area contributed by atoms with Crippen molar-refractivity contribution in [3.63, 3.8) is 0 Å². The summed E-state index contributed by atoms with van der Waals surface area (Å²) >= 11 is 0. The second kappa shape index (κ2) is 8.26. The van der Waals surface area contributed by atoms with Crippen LogP contribution in [0.3, 0.4) is 0 Å². The first-order chi connectivity index (χ1) is 14.8. The Bertz CT molecular complexity index is 1130. The van der Waals surface area contributed by atoms with Gasteiger partial charge in [0.2, 0.25) is 5.91 Å². The van der Waals surface area contributed by atoms with Crippen molar-refractivity contribution in [3.05, 3.63) is 95.1 Å². The molecule has 4 nitrogen and oxygen atoms in total. The highest BCUT2D eigenvalue weighted by Crippen LogP contribution is 2.32. The van der Waals surface area contributed by atoms with Crippen LogP contribution in [0.5, 0.6) is 0 Å². The van der Waals surface area contributed by atoms with Crippen LogP contribution in [-0.2, 0) is 23.9 Å². The Balaban J connectivity index is 1.54. The molecular formula is C24H19F3N2O2. The molecule has 0 aliphatic carbocycles. The van der Waals surface area contributed by atoms with Crippen LogP contribution in [-0.4, -0.2) is 11.8 Å². The van der Waals surface area contributed by atoms with Gasteiger partial charge in [-0.25, -0.2) is 0 Å². The number of rotatable bonds is 4. The van der Waals surface area contributed by atoms with Crippen LogP contribution in [0.4, 0.5) is 24.5 Å². The number of fused-ring (bicyclic) bond motifs is 1. The Morgan fingerprint density at radius 1 is 0.935 bits per heavy atom. The number of carbonyl (C=O) groups is 2. The molecule has 0 saturated heterocycles. The van der Waals surface area contributed by atoms with Gasteiger partial charge in [-0.2, -0.15) is 13.2 Å². The molecule has 0 unspecified atom stereocenters. The van der Waals surface area contributed by atoms with Crippen molar-refractivity contribution in [2.75, 3.05) is 10.2 Å². The highest BCUT2D eigenvalue weighted by Gasteiger charge is 2.31. The average molecular weight is 424 g/mol. The normalized spacial score (nSPS) is 13.6. The molecule has 0 bridgehead atoms. The summed E-state index contributed by atoms with van der Waals surface area (Å²) in [4.78, 5) is 26.7. The van der Waals surface area contributed by atoms with Gasteiger partial charge in [-0.3, -0.25) is 9.59 Å². The summed E-state index contributed by atoms with van der Waals surface area (Å²) in [7, 11) is 0. The van der Waals surface area contributed by atoms with Crippen LogP contribution >= 0.6 is 0 Å². The lowest BCUT2D eigenvalue weighted by molar-refractivity contribution is -0.137. The molecule has 1 aliphatic heterocycles. The fraction of sp³-hybridized carbons (Fsp3) is 0.167. The number of nitrogens with zero attached hydrogens (tertiary/aromatic N) is 1. The van der Waals surface area contributed by atoms with Crippen molar-refractivity contribution < 1.29 is 22.8 Å². The van der Waals surface area contributed by atoms with E-state index in [1.165, 1.54) is 12.1 Å². The minimum absolute atomic E-state index is 0.0251. The number of amides is 2. The van der Waals surface area contributed by atoms with Crippen molar-refractivity contribution >= 4 is 23.2 Å². The van der Waals surface area contributed by atoms with Crippen LogP contribution in [0, 0.1) is 0 Å². The molecule has 3 aromatic rings. The second-order valence-electron chi connectivity index (χ2n) is 7.34. The van der Waals surface area contributed by atoms with Crippen LogP contribution in [0.1, 0.15) is 33.5 Å². The summed E-state index contributed by atoms with van der Waals surface area (Å²) in [6.45, 7) is 0.447. The van der Waals surface area contributed by atoms with Gasteiger partial charge in [0.25, 0.3) is 5.91 Å². The molecule has 0 aromatic heterocycles. The molecule has 7 heteroatoms. The number of alkyl halides is 3. The smallest absolute Gasteiger partial charge is 0.322 e. The first-order valence-electron chi connectivity index (χ1n) is 9.77. The highest BCUT2D eigenvalue weighted by atomic mass is 19.4. The first kappa shape index (κ1) is 20.7. The molecule has 4 rings (SSSR count). The topological polar surface area (TPSA) is 49.4 Å². The Hall–Kier alpha value is -3.61. The van der Waals surface area contributed by atoms with E-state index in [0.29, 0.717) is 25.1 Å². The summed E-state index contributed by atoms with van der Waals surface area (Å²) in [5.41, 5.74) is 2.20. The monoisotopic (exact) mass is 424 g/mol. The Morgan fingerprint density at radius 3 is 2.45 bits per heavy atom. The molecular weight excluding hydrogens is 405 g/mol. The fourth-order valence-electron chi connectivity index (χ4n) is 3.62. The number of aryl methyl sites for hydroxylation is 1. The Labute approximate surface area is 177 Å². The van der Waals surface area contributed by atoms with Gasteiger partial charge in [-0.1, -0.05) is 36.4 Å². The van der Waals surface area contributed by atoms with Crippen molar-refractivity contribution in [2.45, 2.75) is 25.6 Å². The third kappa shape index (κ3) is 4.60. The van der Waals surface area contributed by atoms with E-state index < -0.39 is 17.6 Å². The van der Waals surface area contributed by atoms with Crippen LogP contribution in [0.25, 0.3) is 0 Å². The van der Waals surface area contributed by atoms with Crippen molar-refractivity contribution in [2.24, 2.45) is 0 Å². The minimum atomic E-state index is -4.52. The Kier molecular flexibility index (Phi) is 5.50. The minimum Gasteiger partial charge on any atom is -0.322 e. The van der Waals surface area contributed by atoms with E-state index in [9.17, 15) is 22.8 Å². The summed E-state index contributed by atoms with van der Waals surface area (Å²) in [6.07, 6.45) is -3.63. The van der Waals surface area contributed by atoms with Crippen LogP contribution in [0.2, 0.25) is 0 Å². The molecule has 158 valence electrons. The first-order valence-corrected chi connectivity index (χ1v) is 9.77. The van der Waals surface area contributed by atoms with Gasteiger partial charge >= 0.3 is 6.18 Å². The average Bonchev–Trinajstić information content (AvgIpc) is 2.76. The van der Waals surface area contributed by atoms with Crippen molar-refractivity contribution in [1.29, 1.82) is 0 Å². The summed E-state index contributed by atoms with van der Waals surface area (Å²) < 4.78 is 38.7. The SMILES string of the molecule is O=C(Nc1ccc2c(c1)CCC(=O)N2Cc1ccccc1)c1cccc(C(F)(F)F)c1. The van der Waals surface area contributed by atoms with E-state index in [0.717, 1.165) is 28.9 Å². The highest BCUT2D eigenvalue weighted by molar-refractivity contribution is 6.05. The van der Waals surface area contributed by atoms with Gasteiger partial charge in [0.15, 0.2) is 0 Å². The van der Waals surface area contributed by atoms with Crippen LogP contribution in [0.15, 0.2) is 72.8 Å². The number of carbonyl (C=O) groups excluding carboxylic acids is 2. The number of benzene rings is 3. The van der Waals surface area contributed by atoms with Crippen LogP contribution < -0.4 is 10.2 Å². The molecule has 0 saturated carbocycles. The van der Waals surface area contributed by atoms with Crippen molar-refractivity contribution in [3.8, 4) is 0 Å². The lowest BCUT2D eigenvalue weighted by Gasteiger charge is -2.30. The second-order valence-corrected chi connectivity index (χ2v) is 7.34. The van der Waals surface area contributed by atoms with Gasteiger partial charge in [0, 0.05) is 23.4 Å². The molecule has 0 fully saturated rings. The maximum absolute atomic E-state index is 12.9. The quantitative estimate of drug-likeness (QED) is 0.607. The number of halogens is 3.